The van der Waals surface area contributed by atoms with Crippen LogP contribution in [0.3, 0.4) is 0 Å². The van der Waals surface area contributed by atoms with Crippen molar-refractivity contribution in [2.24, 2.45) is 0 Å². The van der Waals surface area contributed by atoms with E-state index < -0.39 is 10.7 Å². The highest BCUT2D eigenvalue weighted by Gasteiger charge is 2.27. The Bertz CT molecular complexity index is 688. The molecule has 1 heterocycles. The molecule has 1 aromatic carbocycles. The largest absolute Gasteiger partial charge is 0.433 e. The van der Waals surface area contributed by atoms with Crippen molar-refractivity contribution < 1.29 is 14.1 Å². The van der Waals surface area contributed by atoms with E-state index >= 15 is 0 Å². The molecule has 6 nitrogen and oxygen atoms in total. The van der Waals surface area contributed by atoms with Gasteiger partial charge in [0.2, 0.25) is 0 Å². The summed E-state index contributed by atoms with van der Waals surface area (Å²) in [5.41, 5.74) is 0.0515. The molecule has 0 unspecified atom stereocenters. The highest BCUT2D eigenvalue weighted by Crippen LogP contribution is 2.37. The molecule has 0 amide bonds. The summed E-state index contributed by atoms with van der Waals surface area (Å²) in [6.07, 6.45) is 0.735. The third-order valence-electron chi connectivity index (χ3n) is 2.77. The molecule has 0 bridgehead atoms. The first-order valence-electron chi connectivity index (χ1n) is 6.28. The van der Waals surface area contributed by atoms with E-state index in [1.807, 2.05) is 6.92 Å². The fourth-order valence-electron chi connectivity index (χ4n) is 1.88. The van der Waals surface area contributed by atoms with Crippen LogP contribution < -0.4 is 4.74 Å². The first kappa shape index (κ1) is 15.4. The standard InChI is InChI=1S/C13H13BrFN3O3/c1-3-6-17-13(12(18(19)20)8(2)16-17)21-11-7-9(15)4-5-10(11)14/h4-5,7H,3,6H2,1-2H3. The number of rotatable bonds is 5. The molecule has 0 atom stereocenters. The molecule has 0 fully saturated rings. The molecular weight excluding hydrogens is 345 g/mol. The van der Waals surface area contributed by atoms with Crippen LogP contribution in [0.1, 0.15) is 19.0 Å². The van der Waals surface area contributed by atoms with Crippen molar-refractivity contribution in [3.05, 3.63) is 44.3 Å². The van der Waals surface area contributed by atoms with Crippen LogP contribution in [0.25, 0.3) is 0 Å². The van der Waals surface area contributed by atoms with Crippen LogP contribution in [-0.2, 0) is 6.54 Å². The van der Waals surface area contributed by atoms with Crippen LogP contribution in [0, 0.1) is 22.9 Å². The second-order valence-corrected chi connectivity index (χ2v) is 5.25. The van der Waals surface area contributed by atoms with Crippen molar-refractivity contribution in [3.63, 3.8) is 0 Å². The van der Waals surface area contributed by atoms with Crippen LogP contribution in [-0.4, -0.2) is 14.7 Å². The van der Waals surface area contributed by atoms with Gasteiger partial charge in [0.1, 0.15) is 17.3 Å². The third-order valence-corrected chi connectivity index (χ3v) is 3.42. The molecule has 0 N–H and O–H groups in total. The molecule has 0 aliphatic rings. The van der Waals surface area contributed by atoms with E-state index in [2.05, 4.69) is 21.0 Å². The van der Waals surface area contributed by atoms with Gasteiger partial charge in [-0.1, -0.05) is 6.92 Å². The Kier molecular flexibility index (Phi) is 4.56. The van der Waals surface area contributed by atoms with E-state index in [-0.39, 0.29) is 23.0 Å². The van der Waals surface area contributed by atoms with Crippen LogP contribution in [0.4, 0.5) is 10.1 Å². The number of hydrogen-bond acceptors (Lipinski definition) is 4. The molecule has 0 aliphatic heterocycles. The minimum Gasteiger partial charge on any atom is -0.433 e. The van der Waals surface area contributed by atoms with Crippen molar-refractivity contribution in [1.29, 1.82) is 0 Å². The van der Waals surface area contributed by atoms with E-state index in [1.54, 1.807) is 0 Å². The fraction of sp³-hybridized carbons (Fsp3) is 0.308. The average molecular weight is 358 g/mol. The maximum atomic E-state index is 13.3. The SMILES string of the molecule is CCCn1nc(C)c([N+](=O)[O-])c1Oc1cc(F)ccc1Br. The first-order chi connectivity index (χ1) is 9.93. The van der Waals surface area contributed by atoms with Crippen LogP contribution >= 0.6 is 15.9 Å². The van der Waals surface area contributed by atoms with Crippen LogP contribution in [0.15, 0.2) is 22.7 Å². The molecule has 0 spiro atoms. The van der Waals surface area contributed by atoms with Gasteiger partial charge in [0.15, 0.2) is 0 Å². The van der Waals surface area contributed by atoms with E-state index in [0.29, 0.717) is 11.0 Å². The second kappa shape index (κ2) is 6.21. The number of aromatic nitrogens is 2. The lowest BCUT2D eigenvalue weighted by atomic mass is 10.3. The lowest BCUT2D eigenvalue weighted by Gasteiger charge is -2.09. The first-order valence-corrected chi connectivity index (χ1v) is 7.08. The van der Waals surface area contributed by atoms with Gasteiger partial charge in [-0.25, -0.2) is 9.07 Å². The summed E-state index contributed by atoms with van der Waals surface area (Å²) in [5, 5.41) is 15.3. The predicted molar refractivity (Wildman–Crippen MR) is 78.1 cm³/mol. The third kappa shape index (κ3) is 3.21. The van der Waals surface area contributed by atoms with Gasteiger partial charge < -0.3 is 4.74 Å². The summed E-state index contributed by atoms with van der Waals surface area (Å²) in [5.74, 6) is -0.324. The summed E-state index contributed by atoms with van der Waals surface area (Å²) < 4.78 is 20.8. The van der Waals surface area contributed by atoms with Crippen LogP contribution in [0.5, 0.6) is 11.6 Å². The molecule has 0 aliphatic carbocycles. The minimum atomic E-state index is -0.545. The number of benzene rings is 1. The number of ether oxygens (including phenoxy) is 1. The zero-order valence-electron chi connectivity index (χ0n) is 11.5. The van der Waals surface area contributed by atoms with Gasteiger partial charge in [-0.15, -0.1) is 0 Å². The normalized spacial score (nSPS) is 10.7. The lowest BCUT2D eigenvalue weighted by Crippen LogP contribution is -2.03. The molecule has 2 rings (SSSR count). The zero-order chi connectivity index (χ0) is 15.6. The van der Waals surface area contributed by atoms with E-state index in [4.69, 9.17) is 4.74 Å². The molecule has 0 saturated carbocycles. The molecular formula is C13H13BrFN3O3. The van der Waals surface area contributed by atoms with Crippen LogP contribution in [0.2, 0.25) is 0 Å². The van der Waals surface area contributed by atoms with Gasteiger partial charge in [0.05, 0.1) is 9.40 Å². The Morgan fingerprint density at radius 3 is 2.86 bits per heavy atom. The van der Waals surface area contributed by atoms with Gasteiger partial charge in [-0.2, -0.15) is 5.10 Å². The number of nitro groups is 1. The molecule has 2 aromatic rings. The second-order valence-electron chi connectivity index (χ2n) is 4.40. The van der Waals surface area contributed by atoms with Gasteiger partial charge >= 0.3 is 5.69 Å². The highest BCUT2D eigenvalue weighted by molar-refractivity contribution is 9.10. The van der Waals surface area contributed by atoms with Crippen molar-refractivity contribution in [1.82, 2.24) is 9.78 Å². The Hall–Kier alpha value is -1.96. The summed E-state index contributed by atoms with van der Waals surface area (Å²) >= 11 is 3.23. The quantitative estimate of drug-likeness (QED) is 0.593. The Morgan fingerprint density at radius 1 is 1.52 bits per heavy atom. The maximum absolute atomic E-state index is 13.3. The number of nitrogens with zero attached hydrogens (tertiary/aromatic N) is 3. The molecule has 0 radical (unpaired) electrons. The summed E-state index contributed by atoms with van der Waals surface area (Å²) in [6, 6.07) is 3.90. The molecule has 112 valence electrons. The van der Waals surface area contributed by atoms with Crippen molar-refractivity contribution >= 4 is 21.6 Å². The molecule has 0 saturated heterocycles. The number of hydrogen-bond donors (Lipinski definition) is 0. The van der Waals surface area contributed by atoms with Crippen molar-refractivity contribution in [2.75, 3.05) is 0 Å². The Balaban J connectivity index is 2.51. The topological polar surface area (TPSA) is 70.2 Å². The van der Waals surface area contributed by atoms with Gasteiger partial charge in [0.25, 0.3) is 5.88 Å². The Morgan fingerprint density at radius 2 is 2.24 bits per heavy atom. The summed E-state index contributed by atoms with van der Waals surface area (Å²) in [7, 11) is 0. The Labute approximate surface area is 128 Å². The van der Waals surface area contributed by atoms with Gasteiger partial charge in [-0.05, 0) is 41.4 Å². The van der Waals surface area contributed by atoms with Crippen molar-refractivity contribution in [2.45, 2.75) is 26.8 Å². The van der Waals surface area contributed by atoms with E-state index in [9.17, 15) is 14.5 Å². The summed E-state index contributed by atoms with van der Waals surface area (Å²) in [4.78, 5) is 10.6. The smallest absolute Gasteiger partial charge is 0.353 e. The van der Waals surface area contributed by atoms with E-state index in [0.717, 1.165) is 12.5 Å². The monoisotopic (exact) mass is 357 g/mol. The zero-order valence-corrected chi connectivity index (χ0v) is 13.1. The molecule has 1 aromatic heterocycles. The van der Waals surface area contributed by atoms with Gasteiger partial charge in [-0.3, -0.25) is 10.1 Å². The summed E-state index contributed by atoms with van der Waals surface area (Å²) in [6.45, 7) is 3.93. The highest BCUT2D eigenvalue weighted by atomic mass is 79.9. The molecule has 21 heavy (non-hydrogen) atoms. The fourth-order valence-corrected chi connectivity index (χ4v) is 2.21. The van der Waals surface area contributed by atoms with Crippen molar-refractivity contribution in [3.8, 4) is 11.6 Å². The average Bonchev–Trinajstić information content (AvgIpc) is 2.70. The van der Waals surface area contributed by atoms with E-state index in [1.165, 1.54) is 23.7 Å². The maximum Gasteiger partial charge on any atom is 0.353 e. The lowest BCUT2D eigenvalue weighted by molar-refractivity contribution is -0.386. The number of aryl methyl sites for hydroxylation is 2. The number of halogens is 2. The predicted octanol–water partition coefficient (Wildman–Crippen LogP) is 4.20. The molecule has 8 heteroatoms. The van der Waals surface area contributed by atoms with Gasteiger partial charge in [0, 0.05) is 12.6 Å². The minimum absolute atomic E-state index is 0.00523.